The summed E-state index contributed by atoms with van der Waals surface area (Å²) >= 11 is 0. The molecule has 2 aromatic carbocycles. The molecule has 0 saturated heterocycles. The van der Waals surface area contributed by atoms with Crippen LogP contribution >= 0.6 is 0 Å². The molecule has 0 spiro atoms. The van der Waals surface area contributed by atoms with Gasteiger partial charge in [-0.3, -0.25) is 0 Å². The lowest BCUT2D eigenvalue weighted by Crippen LogP contribution is -2.24. The zero-order chi connectivity index (χ0) is 15.2. The standard InChI is InChI=1S/C14H11F2N3O2/c15-10-2-5-11(6-3-10)21-12-4-1-9(13(16)7-12)8-18-19-14(17)20/h1-8H,(H3,17,19,20). The van der Waals surface area contributed by atoms with Crippen LogP contribution in [0.25, 0.3) is 0 Å². The molecule has 0 aliphatic rings. The molecule has 0 aliphatic heterocycles. The Labute approximate surface area is 119 Å². The Hall–Kier alpha value is -2.96. The van der Waals surface area contributed by atoms with E-state index in [0.717, 1.165) is 12.3 Å². The van der Waals surface area contributed by atoms with Crippen LogP contribution in [0.4, 0.5) is 13.6 Å². The summed E-state index contributed by atoms with van der Waals surface area (Å²) in [7, 11) is 0. The molecule has 0 aliphatic carbocycles. The van der Waals surface area contributed by atoms with E-state index in [1.165, 1.54) is 36.4 Å². The fraction of sp³-hybridized carbons (Fsp3) is 0. The Morgan fingerprint density at radius 2 is 1.81 bits per heavy atom. The number of nitrogens with two attached hydrogens (primary N) is 1. The Morgan fingerprint density at radius 3 is 2.43 bits per heavy atom. The zero-order valence-electron chi connectivity index (χ0n) is 10.7. The average Bonchev–Trinajstić information content (AvgIpc) is 2.43. The maximum Gasteiger partial charge on any atom is 0.332 e. The minimum Gasteiger partial charge on any atom is -0.457 e. The number of hydrazone groups is 1. The first-order valence-corrected chi connectivity index (χ1v) is 5.86. The van der Waals surface area contributed by atoms with Crippen molar-refractivity contribution in [2.75, 3.05) is 0 Å². The van der Waals surface area contributed by atoms with E-state index in [2.05, 4.69) is 5.10 Å². The van der Waals surface area contributed by atoms with Crippen molar-refractivity contribution in [3.05, 3.63) is 59.7 Å². The zero-order valence-corrected chi connectivity index (χ0v) is 10.7. The maximum absolute atomic E-state index is 13.8. The molecule has 2 aromatic rings. The molecule has 0 atom stereocenters. The predicted octanol–water partition coefficient (Wildman–Crippen LogP) is 2.76. The lowest BCUT2D eigenvalue weighted by atomic mass is 10.2. The third-order valence-corrected chi connectivity index (χ3v) is 2.40. The quantitative estimate of drug-likeness (QED) is 0.671. The van der Waals surface area contributed by atoms with Gasteiger partial charge in [0.2, 0.25) is 0 Å². The first-order chi connectivity index (χ1) is 10.0. The van der Waals surface area contributed by atoms with Gasteiger partial charge in [0.25, 0.3) is 0 Å². The van der Waals surface area contributed by atoms with Crippen LogP contribution in [0.5, 0.6) is 11.5 Å². The van der Waals surface area contributed by atoms with Crippen molar-refractivity contribution >= 4 is 12.2 Å². The van der Waals surface area contributed by atoms with Crippen LogP contribution in [-0.4, -0.2) is 12.2 Å². The van der Waals surface area contributed by atoms with E-state index in [9.17, 15) is 13.6 Å². The number of rotatable bonds is 4. The van der Waals surface area contributed by atoms with Crippen molar-refractivity contribution in [1.82, 2.24) is 5.43 Å². The van der Waals surface area contributed by atoms with E-state index >= 15 is 0 Å². The molecule has 108 valence electrons. The summed E-state index contributed by atoms with van der Waals surface area (Å²) in [6.45, 7) is 0. The molecule has 3 N–H and O–H groups in total. The largest absolute Gasteiger partial charge is 0.457 e. The molecule has 21 heavy (non-hydrogen) atoms. The Morgan fingerprint density at radius 1 is 1.14 bits per heavy atom. The van der Waals surface area contributed by atoms with Gasteiger partial charge in [0, 0.05) is 11.6 Å². The van der Waals surface area contributed by atoms with Crippen molar-refractivity contribution in [2.24, 2.45) is 10.8 Å². The summed E-state index contributed by atoms with van der Waals surface area (Å²) < 4.78 is 31.9. The lowest BCUT2D eigenvalue weighted by Gasteiger charge is -2.06. The molecule has 0 unspecified atom stereocenters. The highest BCUT2D eigenvalue weighted by Gasteiger charge is 2.04. The van der Waals surface area contributed by atoms with E-state index in [1.54, 1.807) is 0 Å². The van der Waals surface area contributed by atoms with E-state index in [-0.39, 0.29) is 17.1 Å². The number of carbonyl (C=O) groups is 1. The van der Waals surface area contributed by atoms with Gasteiger partial charge in [-0.05, 0) is 36.4 Å². The number of halogens is 2. The average molecular weight is 291 g/mol. The topological polar surface area (TPSA) is 76.7 Å². The van der Waals surface area contributed by atoms with Crippen molar-refractivity contribution in [1.29, 1.82) is 0 Å². The van der Waals surface area contributed by atoms with Crippen molar-refractivity contribution in [2.45, 2.75) is 0 Å². The smallest absolute Gasteiger partial charge is 0.332 e. The maximum atomic E-state index is 13.8. The molecule has 5 nitrogen and oxygen atoms in total. The third kappa shape index (κ3) is 4.27. The number of hydrogen-bond donors (Lipinski definition) is 2. The Bertz CT molecular complexity index is 672. The molecular formula is C14H11F2N3O2. The molecule has 2 rings (SSSR count). The van der Waals surface area contributed by atoms with Crippen LogP contribution in [0, 0.1) is 11.6 Å². The summed E-state index contributed by atoms with van der Waals surface area (Å²) in [5, 5.41) is 3.45. The van der Waals surface area contributed by atoms with Gasteiger partial charge in [0.05, 0.1) is 6.21 Å². The van der Waals surface area contributed by atoms with Gasteiger partial charge >= 0.3 is 6.03 Å². The van der Waals surface area contributed by atoms with Gasteiger partial charge < -0.3 is 10.5 Å². The number of ether oxygens (including phenoxy) is 1. The molecule has 0 aromatic heterocycles. The van der Waals surface area contributed by atoms with E-state index < -0.39 is 11.8 Å². The highest BCUT2D eigenvalue weighted by atomic mass is 19.1. The summed E-state index contributed by atoms with van der Waals surface area (Å²) in [6.07, 6.45) is 1.11. The fourth-order valence-electron chi connectivity index (χ4n) is 1.48. The highest BCUT2D eigenvalue weighted by Crippen LogP contribution is 2.23. The van der Waals surface area contributed by atoms with Gasteiger partial charge in [-0.1, -0.05) is 0 Å². The monoisotopic (exact) mass is 291 g/mol. The Kier molecular flexibility index (Phi) is 4.45. The summed E-state index contributed by atoms with van der Waals surface area (Å²) in [6, 6.07) is 8.57. The van der Waals surface area contributed by atoms with Crippen LogP contribution in [0.3, 0.4) is 0 Å². The van der Waals surface area contributed by atoms with Gasteiger partial charge in [0.15, 0.2) is 0 Å². The number of carbonyl (C=O) groups excluding carboxylic acids is 1. The predicted molar refractivity (Wildman–Crippen MR) is 73.2 cm³/mol. The number of benzene rings is 2. The molecule has 2 amide bonds. The number of urea groups is 1. The van der Waals surface area contributed by atoms with Crippen LogP contribution < -0.4 is 15.9 Å². The number of amides is 2. The normalized spacial score (nSPS) is 10.6. The second-order valence-corrected chi connectivity index (χ2v) is 3.97. The van der Waals surface area contributed by atoms with Crippen LogP contribution in [-0.2, 0) is 0 Å². The molecule has 0 saturated carbocycles. The van der Waals surface area contributed by atoms with Crippen molar-refractivity contribution < 1.29 is 18.3 Å². The first kappa shape index (κ1) is 14.4. The fourth-order valence-corrected chi connectivity index (χ4v) is 1.48. The molecule has 0 bridgehead atoms. The molecular weight excluding hydrogens is 280 g/mol. The van der Waals surface area contributed by atoms with Crippen LogP contribution in [0.15, 0.2) is 47.6 Å². The van der Waals surface area contributed by atoms with Crippen LogP contribution in [0.1, 0.15) is 5.56 Å². The summed E-state index contributed by atoms with van der Waals surface area (Å²) in [5.41, 5.74) is 6.92. The molecule has 0 fully saturated rings. The number of primary amides is 1. The van der Waals surface area contributed by atoms with E-state index in [1.807, 2.05) is 5.43 Å². The number of nitrogens with zero attached hydrogens (tertiary/aromatic N) is 1. The molecule has 7 heteroatoms. The Balaban J connectivity index is 2.09. The molecule has 0 heterocycles. The van der Waals surface area contributed by atoms with Crippen LogP contribution in [0.2, 0.25) is 0 Å². The second kappa shape index (κ2) is 6.47. The lowest BCUT2D eigenvalue weighted by molar-refractivity contribution is 0.249. The summed E-state index contributed by atoms with van der Waals surface area (Å²) in [4.78, 5) is 10.4. The van der Waals surface area contributed by atoms with E-state index in [4.69, 9.17) is 10.5 Å². The second-order valence-electron chi connectivity index (χ2n) is 3.97. The minimum atomic E-state index is -0.845. The van der Waals surface area contributed by atoms with Gasteiger partial charge in [-0.25, -0.2) is 19.0 Å². The van der Waals surface area contributed by atoms with E-state index in [0.29, 0.717) is 5.75 Å². The van der Waals surface area contributed by atoms with Crippen molar-refractivity contribution in [3.63, 3.8) is 0 Å². The van der Waals surface area contributed by atoms with Crippen molar-refractivity contribution in [3.8, 4) is 11.5 Å². The highest BCUT2D eigenvalue weighted by molar-refractivity contribution is 5.81. The number of nitrogens with one attached hydrogen (secondary N) is 1. The minimum absolute atomic E-state index is 0.148. The summed E-state index contributed by atoms with van der Waals surface area (Å²) in [5.74, 6) is -0.349. The van der Waals surface area contributed by atoms with Gasteiger partial charge in [-0.2, -0.15) is 5.10 Å². The third-order valence-electron chi connectivity index (χ3n) is 2.40. The van der Waals surface area contributed by atoms with Gasteiger partial charge in [-0.15, -0.1) is 0 Å². The first-order valence-electron chi connectivity index (χ1n) is 5.86. The SMILES string of the molecule is NC(=O)NN=Cc1ccc(Oc2ccc(F)cc2)cc1F. The number of hydrogen-bond acceptors (Lipinski definition) is 3. The molecule has 0 radical (unpaired) electrons. The van der Waals surface area contributed by atoms with Gasteiger partial charge in [0.1, 0.15) is 23.1 Å².